The van der Waals surface area contributed by atoms with Gasteiger partial charge in [0.25, 0.3) is 0 Å². The molecule has 0 aliphatic carbocycles. The summed E-state index contributed by atoms with van der Waals surface area (Å²) in [6.45, 7) is 0. The van der Waals surface area contributed by atoms with Crippen molar-refractivity contribution in [3.8, 4) is 0 Å². The number of aliphatic hydroxyl groups excluding tert-OH is 1. The number of hydrogen-bond acceptors (Lipinski definition) is 4. The smallest absolute Gasteiger partial charge is 0.394 e. The molecule has 2 aromatic rings. The molecule has 19 heavy (non-hydrogen) atoms. The molecule has 1 N–H and O–H groups in total. The first kappa shape index (κ1) is 13.8. The normalized spacial score (nSPS) is 12.8. The molecule has 0 unspecified atom stereocenters. The van der Waals surface area contributed by atoms with Gasteiger partial charge >= 0.3 is 7.60 Å². The van der Waals surface area contributed by atoms with Gasteiger partial charge in [-0.05, 0) is 28.5 Å². The van der Waals surface area contributed by atoms with E-state index in [1.165, 1.54) is 20.3 Å². The average molecular weight is 278 g/mol. The van der Waals surface area contributed by atoms with Crippen LogP contribution >= 0.6 is 7.60 Å². The Kier molecular flexibility index (Phi) is 4.05. The van der Waals surface area contributed by atoms with Crippen LogP contribution in [0.15, 0.2) is 48.0 Å². The van der Waals surface area contributed by atoms with E-state index in [2.05, 4.69) is 0 Å². The fourth-order valence-electron chi connectivity index (χ4n) is 1.79. The van der Waals surface area contributed by atoms with Gasteiger partial charge in [-0.2, -0.15) is 0 Å². The van der Waals surface area contributed by atoms with E-state index in [1.54, 1.807) is 0 Å². The van der Waals surface area contributed by atoms with E-state index in [0.29, 0.717) is 0 Å². The molecule has 0 aromatic heterocycles. The summed E-state index contributed by atoms with van der Waals surface area (Å²) in [5.74, 6) is 0. The maximum atomic E-state index is 12.0. The summed E-state index contributed by atoms with van der Waals surface area (Å²) in [6, 6.07) is 13.5. The van der Waals surface area contributed by atoms with Crippen molar-refractivity contribution in [3.63, 3.8) is 0 Å². The molecule has 0 aliphatic heterocycles. The molecule has 0 spiro atoms. The lowest BCUT2D eigenvalue weighted by Gasteiger charge is -2.12. The highest BCUT2D eigenvalue weighted by molar-refractivity contribution is 7.58. The lowest BCUT2D eigenvalue weighted by molar-refractivity contribution is 0.262. The Morgan fingerprint density at radius 2 is 1.74 bits per heavy atom. The van der Waals surface area contributed by atoms with Crippen molar-refractivity contribution in [1.82, 2.24) is 0 Å². The van der Waals surface area contributed by atoms with E-state index in [0.717, 1.165) is 16.3 Å². The van der Waals surface area contributed by atoms with Gasteiger partial charge < -0.3 is 14.2 Å². The predicted octanol–water partition coefficient (Wildman–Crippen LogP) is 4.18. The highest BCUT2D eigenvalue weighted by Crippen LogP contribution is 2.53. The molecule has 0 saturated heterocycles. The summed E-state index contributed by atoms with van der Waals surface area (Å²) in [5.41, 5.74) is 0.318. The van der Waals surface area contributed by atoms with Gasteiger partial charge in [0.15, 0.2) is 0 Å². The average Bonchev–Trinajstić information content (AvgIpc) is 2.46. The Labute approximate surface area is 111 Å². The molecule has 5 heteroatoms. The zero-order valence-electron chi connectivity index (χ0n) is 10.7. The quantitative estimate of drug-likeness (QED) is 0.673. The molecule has 0 bridgehead atoms. The maximum Gasteiger partial charge on any atom is 0.394 e. The fraction of sp³-hybridized carbons (Fsp3) is 0.143. The van der Waals surface area contributed by atoms with E-state index in [4.69, 9.17) is 9.05 Å². The van der Waals surface area contributed by atoms with Crippen LogP contribution in [0.3, 0.4) is 0 Å². The zero-order valence-corrected chi connectivity index (χ0v) is 11.6. The van der Waals surface area contributed by atoms with Crippen LogP contribution in [-0.4, -0.2) is 19.3 Å². The third-order valence-corrected chi connectivity index (χ3v) is 4.48. The Balaban J connectivity index is 2.42. The minimum atomic E-state index is -3.58. The fourth-order valence-corrected chi connectivity index (χ4v) is 2.62. The van der Waals surface area contributed by atoms with Crippen LogP contribution in [0, 0.1) is 0 Å². The predicted molar refractivity (Wildman–Crippen MR) is 76.2 cm³/mol. The maximum absolute atomic E-state index is 12.0. The largest absolute Gasteiger partial charge is 0.501 e. The second kappa shape index (κ2) is 5.57. The van der Waals surface area contributed by atoms with E-state index < -0.39 is 13.1 Å². The van der Waals surface area contributed by atoms with Crippen molar-refractivity contribution in [2.24, 2.45) is 0 Å². The number of aliphatic hydroxyl groups is 1. The molecule has 0 heterocycles. The lowest BCUT2D eigenvalue weighted by Crippen LogP contribution is -1.92. The number of rotatable bonds is 4. The third kappa shape index (κ3) is 2.87. The van der Waals surface area contributed by atoms with Crippen molar-refractivity contribution in [1.29, 1.82) is 0 Å². The van der Waals surface area contributed by atoms with Gasteiger partial charge in [0.2, 0.25) is 5.50 Å². The summed E-state index contributed by atoms with van der Waals surface area (Å²) < 4.78 is 21.4. The molecule has 0 saturated carbocycles. The Hall–Kier alpha value is -1.61. The van der Waals surface area contributed by atoms with Crippen molar-refractivity contribution in [2.45, 2.75) is 0 Å². The van der Waals surface area contributed by atoms with Crippen molar-refractivity contribution < 1.29 is 18.7 Å². The van der Waals surface area contributed by atoms with E-state index in [-0.39, 0.29) is 0 Å². The third-order valence-electron chi connectivity index (χ3n) is 2.83. The Morgan fingerprint density at radius 3 is 2.37 bits per heavy atom. The van der Waals surface area contributed by atoms with Crippen LogP contribution in [-0.2, 0) is 13.6 Å². The first-order valence-electron chi connectivity index (χ1n) is 5.70. The molecule has 0 amide bonds. The summed E-state index contributed by atoms with van der Waals surface area (Å²) >= 11 is 0. The number of hydrogen-bond donors (Lipinski definition) is 1. The van der Waals surface area contributed by atoms with E-state index in [1.807, 2.05) is 42.5 Å². The molecule has 0 fully saturated rings. The van der Waals surface area contributed by atoms with Crippen LogP contribution in [0.25, 0.3) is 16.8 Å². The summed E-state index contributed by atoms with van der Waals surface area (Å²) in [5, 5.41) is 12.0. The van der Waals surface area contributed by atoms with Gasteiger partial charge in [0, 0.05) is 14.2 Å². The van der Waals surface area contributed by atoms with Crippen molar-refractivity contribution in [2.75, 3.05) is 14.2 Å². The molecule has 0 atom stereocenters. The molecule has 100 valence electrons. The van der Waals surface area contributed by atoms with Gasteiger partial charge in [-0.1, -0.05) is 36.4 Å². The second-order valence-corrected chi connectivity index (χ2v) is 6.16. The second-order valence-electron chi connectivity index (χ2n) is 3.97. The van der Waals surface area contributed by atoms with Gasteiger partial charge in [-0.25, -0.2) is 0 Å². The van der Waals surface area contributed by atoms with Crippen molar-refractivity contribution in [3.05, 3.63) is 53.5 Å². The Morgan fingerprint density at radius 1 is 1.11 bits per heavy atom. The van der Waals surface area contributed by atoms with Gasteiger partial charge in [0.05, 0.1) is 0 Å². The van der Waals surface area contributed by atoms with Crippen LogP contribution < -0.4 is 0 Å². The molecule has 4 nitrogen and oxygen atoms in total. The van der Waals surface area contributed by atoms with Gasteiger partial charge in [-0.15, -0.1) is 0 Å². The van der Waals surface area contributed by atoms with E-state index >= 15 is 0 Å². The van der Waals surface area contributed by atoms with Crippen molar-refractivity contribution >= 4 is 24.4 Å². The standard InChI is InChI=1S/C14H15O4P/c1-17-19(16,18-2)14(15)10-11-7-8-12-5-3-4-6-13(12)9-11/h3-10,15H,1-2H3/b14-10+. The summed E-state index contributed by atoms with van der Waals surface area (Å²) in [7, 11) is -1.12. The minimum absolute atomic E-state index is 0.409. The molecular formula is C14H15O4P. The summed E-state index contributed by atoms with van der Waals surface area (Å²) in [6.07, 6.45) is 1.39. The first-order valence-corrected chi connectivity index (χ1v) is 7.25. The SMILES string of the molecule is COP(=O)(OC)/C(O)=C/c1ccc2ccccc2c1. The topological polar surface area (TPSA) is 55.8 Å². The summed E-state index contributed by atoms with van der Waals surface area (Å²) in [4.78, 5) is 0. The Bertz CT molecular complexity index is 655. The van der Waals surface area contributed by atoms with E-state index in [9.17, 15) is 9.67 Å². The highest BCUT2D eigenvalue weighted by atomic mass is 31.2. The van der Waals surface area contributed by atoms with Gasteiger partial charge in [-0.3, -0.25) is 4.57 Å². The molecule has 0 radical (unpaired) electrons. The lowest BCUT2D eigenvalue weighted by atomic mass is 10.1. The molecule has 2 aromatic carbocycles. The van der Waals surface area contributed by atoms with Crippen LogP contribution in [0.5, 0.6) is 0 Å². The number of benzene rings is 2. The van der Waals surface area contributed by atoms with Crippen LogP contribution in [0.2, 0.25) is 0 Å². The molecule has 0 aliphatic rings. The van der Waals surface area contributed by atoms with Crippen LogP contribution in [0.1, 0.15) is 5.56 Å². The van der Waals surface area contributed by atoms with Crippen LogP contribution in [0.4, 0.5) is 0 Å². The highest BCUT2D eigenvalue weighted by Gasteiger charge is 2.27. The zero-order chi connectivity index (χ0) is 13.9. The number of fused-ring (bicyclic) bond motifs is 1. The molecule has 2 rings (SSSR count). The van der Waals surface area contributed by atoms with Gasteiger partial charge in [0.1, 0.15) is 0 Å². The monoisotopic (exact) mass is 278 g/mol. The molecular weight excluding hydrogens is 263 g/mol. The minimum Gasteiger partial charge on any atom is -0.501 e. The first-order chi connectivity index (χ1) is 9.09.